The highest BCUT2D eigenvalue weighted by molar-refractivity contribution is 14.0. The molecule has 1 aromatic heterocycles. The summed E-state index contributed by atoms with van der Waals surface area (Å²) in [6.45, 7) is 8.51. The highest BCUT2D eigenvalue weighted by atomic mass is 127. The Morgan fingerprint density at radius 1 is 1.38 bits per heavy atom. The number of hydrogen-bond acceptors (Lipinski definition) is 5. The molecule has 0 amide bonds. The number of thiazole rings is 1. The maximum atomic E-state index is 5.93. The van der Waals surface area contributed by atoms with E-state index < -0.39 is 0 Å². The Kier molecular flexibility index (Phi) is 9.05. The molecule has 0 aromatic carbocycles. The molecule has 0 radical (unpaired) electrons. The zero-order chi connectivity index (χ0) is 17.6. The molecular weight excluding hydrogens is 463 g/mol. The van der Waals surface area contributed by atoms with Crippen molar-refractivity contribution in [1.82, 2.24) is 15.2 Å². The molecule has 2 aliphatic rings. The van der Waals surface area contributed by atoms with Gasteiger partial charge in [-0.3, -0.25) is 4.99 Å². The van der Waals surface area contributed by atoms with E-state index in [2.05, 4.69) is 34.0 Å². The van der Waals surface area contributed by atoms with Crippen molar-refractivity contribution in [3.63, 3.8) is 0 Å². The van der Waals surface area contributed by atoms with Crippen LogP contribution in [0.15, 0.2) is 11.2 Å². The summed E-state index contributed by atoms with van der Waals surface area (Å²) in [7, 11) is 1.84. The topological polar surface area (TPSA) is 59.0 Å². The van der Waals surface area contributed by atoms with Gasteiger partial charge in [0.2, 0.25) is 0 Å². The molecule has 2 unspecified atom stereocenters. The lowest BCUT2D eigenvalue weighted by atomic mass is 10.1. The number of nitrogens with zero attached hydrogens (tertiary/aromatic N) is 3. The minimum absolute atomic E-state index is 0. The standard InChI is InChI=1S/C18H30N4O2S.HI/c1-13(2)9-17-20-10-14(25-17)11-21-18(19-3)22-6-8-24-16(12-22)15-5-4-7-23-15;/h10,13,15-16H,4-9,11-12H2,1-3H3,(H,19,21);1H. The molecular formula is C18H31IN4O2S. The Hall–Kier alpha value is -0.450. The molecule has 0 bridgehead atoms. The second kappa shape index (κ2) is 10.8. The number of nitrogens with one attached hydrogen (secondary N) is 1. The molecule has 26 heavy (non-hydrogen) atoms. The van der Waals surface area contributed by atoms with Crippen molar-refractivity contribution in [1.29, 1.82) is 0 Å². The van der Waals surface area contributed by atoms with Crippen molar-refractivity contribution in [2.24, 2.45) is 10.9 Å². The van der Waals surface area contributed by atoms with Crippen LogP contribution in [-0.4, -0.2) is 61.4 Å². The molecule has 3 rings (SSSR count). The van der Waals surface area contributed by atoms with Gasteiger partial charge in [-0.25, -0.2) is 4.98 Å². The Morgan fingerprint density at radius 2 is 2.19 bits per heavy atom. The van der Waals surface area contributed by atoms with E-state index in [1.807, 2.05) is 13.2 Å². The monoisotopic (exact) mass is 494 g/mol. The summed E-state index contributed by atoms with van der Waals surface area (Å²) in [5.41, 5.74) is 0. The highest BCUT2D eigenvalue weighted by Crippen LogP contribution is 2.21. The fourth-order valence-electron chi connectivity index (χ4n) is 3.36. The molecule has 3 heterocycles. The molecule has 148 valence electrons. The number of aliphatic imine (C=N–C) groups is 1. The van der Waals surface area contributed by atoms with E-state index in [9.17, 15) is 0 Å². The molecule has 1 N–H and O–H groups in total. The van der Waals surface area contributed by atoms with E-state index in [0.717, 1.165) is 58.1 Å². The van der Waals surface area contributed by atoms with Gasteiger partial charge in [-0.05, 0) is 18.8 Å². The number of hydrogen-bond donors (Lipinski definition) is 1. The first-order valence-electron chi connectivity index (χ1n) is 9.28. The van der Waals surface area contributed by atoms with Crippen LogP contribution in [0.25, 0.3) is 0 Å². The van der Waals surface area contributed by atoms with Crippen molar-refractivity contribution in [2.75, 3.05) is 33.4 Å². The molecule has 0 aliphatic carbocycles. The predicted molar refractivity (Wildman–Crippen MR) is 117 cm³/mol. The molecule has 8 heteroatoms. The molecule has 2 atom stereocenters. The number of rotatable bonds is 5. The molecule has 2 fully saturated rings. The van der Waals surface area contributed by atoms with E-state index in [4.69, 9.17) is 9.47 Å². The SMILES string of the molecule is CN=C(NCc1cnc(CC(C)C)s1)N1CCOC(C2CCCO2)C1.I. The van der Waals surface area contributed by atoms with Crippen molar-refractivity contribution in [2.45, 2.75) is 51.9 Å². The highest BCUT2D eigenvalue weighted by Gasteiger charge is 2.32. The van der Waals surface area contributed by atoms with Gasteiger partial charge in [0, 0.05) is 44.2 Å². The van der Waals surface area contributed by atoms with Crippen LogP contribution in [0, 0.1) is 5.92 Å². The zero-order valence-corrected chi connectivity index (χ0v) is 19.1. The summed E-state index contributed by atoms with van der Waals surface area (Å²) in [5, 5.41) is 4.70. The maximum Gasteiger partial charge on any atom is 0.194 e. The quantitative estimate of drug-likeness (QED) is 0.388. The first-order valence-corrected chi connectivity index (χ1v) is 10.1. The Balaban J connectivity index is 0.00000243. The van der Waals surface area contributed by atoms with Crippen LogP contribution in [0.2, 0.25) is 0 Å². The summed E-state index contributed by atoms with van der Waals surface area (Å²) < 4.78 is 11.7. The first-order chi connectivity index (χ1) is 12.2. The minimum Gasteiger partial charge on any atom is -0.375 e. The number of morpholine rings is 1. The first kappa shape index (κ1) is 21.8. The van der Waals surface area contributed by atoms with Crippen molar-refractivity contribution in [3.05, 3.63) is 16.1 Å². The predicted octanol–water partition coefficient (Wildman–Crippen LogP) is 2.91. The van der Waals surface area contributed by atoms with Gasteiger partial charge in [-0.2, -0.15) is 0 Å². The second-order valence-electron chi connectivity index (χ2n) is 7.13. The van der Waals surface area contributed by atoms with Gasteiger partial charge in [0.05, 0.1) is 24.3 Å². The van der Waals surface area contributed by atoms with Crippen molar-refractivity contribution >= 4 is 41.3 Å². The van der Waals surface area contributed by atoms with Gasteiger partial charge < -0.3 is 19.7 Å². The van der Waals surface area contributed by atoms with E-state index >= 15 is 0 Å². The van der Waals surface area contributed by atoms with Crippen molar-refractivity contribution in [3.8, 4) is 0 Å². The lowest BCUT2D eigenvalue weighted by molar-refractivity contribution is -0.0817. The van der Waals surface area contributed by atoms with E-state index in [1.165, 1.54) is 9.88 Å². The van der Waals surface area contributed by atoms with E-state index in [-0.39, 0.29) is 36.2 Å². The summed E-state index contributed by atoms with van der Waals surface area (Å²) in [4.78, 5) is 12.5. The van der Waals surface area contributed by atoms with E-state index in [0.29, 0.717) is 5.92 Å². The second-order valence-corrected chi connectivity index (χ2v) is 8.33. The molecule has 1 aromatic rings. The van der Waals surface area contributed by atoms with Crippen LogP contribution < -0.4 is 5.32 Å². The third-order valence-corrected chi connectivity index (χ3v) is 5.61. The number of guanidine groups is 1. The Bertz CT molecular complexity index is 575. The fourth-order valence-corrected chi connectivity index (χ4v) is 4.43. The summed E-state index contributed by atoms with van der Waals surface area (Å²) in [6.07, 6.45) is 5.66. The Morgan fingerprint density at radius 3 is 2.88 bits per heavy atom. The summed E-state index contributed by atoms with van der Waals surface area (Å²) in [6, 6.07) is 0. The van der Waals surface area contributed by atoms with Gasteiger partial charge in [-0.1, -0.05) is 13.8 Å². The fraction of sp³-hybridized carbons (Fsp3) is 0.778. The summed E-state index contributed by atoms with van der Waals surface area (Å²) in [5.74, 6) is 1.58. The third kappa shape index (κ3) is 6.03. The number of halogens is 1. The zero-order valence-electron chi connectivity index (χ0n) is 15.9. The molecule has 6 nitrogen and oxygen atoms in total. The lowest BCUT2D eigenvalue weighted by Crippen LogP contribution is -2.53. The van der Waals surface area contributed by atoms with Crippen molar-refractivity contribution < 1.29 is 9.47 Å². The smallest absolute Gasteiger partial charge is 0.194 e. The number of ether oxygens (including phenoxy) is 2. The molecule has 0 spiro atoms. The molecule has 0 saturated carbocycles. The van der Waals surface area contributed by atoms with Gasteiger partial charge in [0.1, 0.15) is 6.10 Å². The van der Waals surface area contributed by atoms with Gasteiger partial charge in [0.25, 0.3) is 0 Å². The van der Waals surface area contributed by atoms with Gasteiger partial charge in [0.15, 0.2) is 5.96 Å². The average molecular weight is 494 g/mol. The van der Waals surface area contributed by atoms with Crippen LogP contribution in [0.5, 0.6) is 0 Å². The van der Waals surface area contributed by atoms with Gasteiger partial charge >= 0.3 is 0 Å². The average Bonchev–Trinajstić information content (AvgIpc) is 3.27. The summed E-state index contributed by atoms with van der Waals surface area (Å²) >= 11 is 1.79. The normalized spacial score (nSPS) is 24.0. The number of aromatic nitrogens is 1. The van der Waals surface area contributed by atoms with Crippen LogP contribution in [0.4, 0.5) is 0 Å². The largest absolute Gasteiger partial charge is 0.375 e. The lowest BCUT2D eigenvalue weighted by Gasteiger charge is -2.37. The van der Waals surface area contributed by atoms with Crippen LogP contribution in [-0.2, 0) is 22.4 Å². The molecule has 2 saturated heterocycles. The molecule has 2 aliphatic heterocycles. The maximum absolute atomic E-state index is 5.93. The Labute approximate surface area is 177 Å². The van der Waals surface area contributed by atoms with Gasteiger partial charge in [-0.15, -0.1) is 35.3 Å². The third-order valence-electron chi connectivity index (χ3n) is 4.59. The van der Waals surface area contributed by atoms with Crippen LogP contribution in [0.3, 0.4) is 0 Å². The minimum atomic E-state index is 0. The van der Waals surface area contributed by atoms with Crippen LogP contribution >= 0.6 is 35.3 Å². The van der Waals surface area contributed by atoms with E-state index in [1.54, 1.807) is 11.3 Å². The van der Waals surface area contributed by atoms with Crippen LogP contribution in [0.1, 0.15) is 36.6 Å².